The summed E-state index contributed by atoms with van der Waals surface area (Å²) in [5, 5.41) is 11.9. The summed E-state index contributed by atoms with van der Waals surface area (Å²) in [5.41, 5.74) is 2.53. The fourth-order valence-electron chi connectivity index (χ4n) is 2.13. The smallest absolute Gasteiger partial charge is 0.285 e. The Hall–Kier alpha value is -2.98. The summed E-state index contributed by atoms with van der Waals surface area (Å²) in [6.07, 6.45) is 3.32. The van der Waals surface area contributed by atoms with Crippen molar-refractivity contribution in [1.82, 2.24) is 15.4 Å². The van der Waals surface area contributed by atoms with E-state index >= 15 is 0 Å². The second-order valence-electron chi connectivity index (χ2n) is 4.86. The number of hydrogen-bond acceptors (Lipinski definition) is 6. The molecule has 1 aliphatic heterocycles. The third-order valence-corrected chi connectivity index (χ3v) is 4.56. The fraction of sp³-hybridized carbons (Fsp3) is 0. The first-order chi connectivity index (χ1) is 12.0. The molecule has 0 bridgehead atoms. The molecule has 0 unspecified atom stereocenters. The molecular formula is C15H10N4O4S2. The Morgan fingerprint density at radius 1 is 1.32 bits per heavy atom. The normalized spacial score (nSPS) is 15.7. The van der Waals surface area contributed by atoms with Crippen molar-refractivity contribution in [2.45, 2.75) is 0 Å². The van der Waals surface area contributed by atoms with Gasteiger partial charge in [0.1, 0.15) is 5.56 Å². The molecule has 1 fully saturated rings. The van der Waals surface area contributed by atoms with E-state index in [1.54, 1.807) is 24.4 Å². The molecule has 1 aliphatic rings. The molecule has 0 spiro atoms. The maximum Gasteiger partial charge on any atom is 0.285 e. The van der Waals surface area contributed by atoms with Crippen LogP contribution < -0.4 is 5.43 Å². The zero-order valence-electron chi connectivity index (χ0n) is 12.5. The van der Waals surface area contributed by atoms with E-state index in [1.807, 2.05) is 0 Å². The van der Waals surface area contributed by atoms with Crippen molar-refractivity contribution in [3.63, 3.8) is 0 Å². The molecule has 25 heavy (non-hydrogen) atoms. The minimum Gasteiger partial charge on any atom is -0.362 e. The van der Waals surface area contributed by atoms with Gasteiger partial charge in [-0.25, -0.2) is 0 Å². The Balaban J connectivity index is 1.81. The molecule has 0 aliphatic carbocycles. The first-order valence-electron chi connectivity index (χ1n) is 6.93. The van der Waals surface area contributed by atoms with Gasteiger partial charge in [0.25, 0.3) is 17.5 Å². The van der Waals surface area contributed by atoms with Gasteiger partial charge in [-0.2, -0.15) is 5.01 Å². The van der Waals surface area contributed by atoms with Gasteiger partial charge in [0.05, 0.1) is 9.83 Å². The van der Waals surface area contributed by atoms with E-state index < -0.39 is 16.7 Å². The number of amides is 2. The van der Waals surface area contributed by atoms with Crippen LogP contribution in [0.15, 0.2) is 47.5 Å². The molecule has 1 saturated heterocycles. The number of nitrogens with zero attached hydrogens (tertiary/aromatic N) is 2. The number of carbonyl (C=O) groups is 2. The lowest BCUT2D eigenvalue weighted by atomic mass is 10.2. The number of aromatic amines is 1. The van der Waals surface area contributed by atoms with Crippen molar-refractivity contribution in [2.24, 2.45) is 0 Å². The third kappa shape index (κ3) is 3.44. The molecule has 1 aromatic carbocycles. The van der Waals surface area contributed by atoms with E-state index in [-0.39, 0.29) is 15.6 Å². The van der Waals surface area contributed by atoms with Gasteiger partial charge in [0.15, 0.2) is 4.32 Å². The van der Waals surface area contributed by atoms with Gasteiger partial charge in [-0.15, -0.1) is 0 Å². The van der Waals surface area contributed by atoms with Gasteiger partial charge >= 0.3 is 0 Å². The van der Waals surface area contributed by atoms with Crippen LogP contribution in [0, 0.1) is 10.1 Å². The number of hydrogen-bond donors (Lipinski definition) is 2. The molecule has 2 N–H and O–H groups in total. The Bertz CT molecular complexity index is 908. The second-order valence-corrected chi connectivity index (χ2v) is 6.53. The van der Waals surface area contributed by atoms with Crippen LogP contribution in [0.4, 0.5) is 5.69 Å². The van der Waals surface area contributed by atoms with Gasteiger partial charge in [-0.1, -0.05) is 23.9 Å². The molecule has 1 aromatic heterocycles. The number of rotatable bonds is 4. The lowest BCUT2D eigenvalue weighted by molar-refractivity contribution is -0.385. The maximum absolute atomic E-state index is 12.4. The predicted molar refractivity (Wildman–Crippen MR) is 96.4 cm³/mol. The van der Waals surface area contributed by atoms with Crippen LogP contribution in [0.1, 0.15) is 16.1 Å². The van der Waals surface area contributed by atoms with Crippen molar-refractivity contribution in [3.8, 4) is 0 Å². The lowest BCUT2D eigenvalue weighted by Crippen LogP contribution is -2.45. The van der Waals surface area contributed by atoms with Crippen LogP contribution in [-0.2, 0) is 4.79 Å². The summed E-state index contributed by atoms with van der Waals surface area (Å²) >= 11 is 6.14. The van der Waals surface area contributed by atoms with Gasteiger partial charge < -0.3 is 4.98 Å². The Morgan fingerprint density at radius 2 is 2.08 bits per heavy atom. The molecule has 8 nitrogen and oxygen atoms in total. The van der Waals surface area contributed by atoms with Crippen molar-refractivity contribution >= 4 is 51.9 Å². The largest absolute Gasteiger partial charge is 0.362 e. The van der Waals surface area contributed by atoms with Crippen LogP contribution in [0.2, 0.25) is 0 Å². The van der Waals surface area contributed by atoms with E-state index in [4.69, 9.17) is 12.2 Å². The molecule has 3 rings (SSSR count). The van der Waals surface area contributed by atoms with Crippen molar-refractivity contribution in [3.05, 3.63) is 68.9 Å². The zero-order valence-corrected chi connectivity index (χ0v) is 14.1. The van der Waals surface area contributed by atoms with Crippen LogP contribution in [0.5, 0.6) is 0 Å². The number of carbonyl (C=O) groups excluding carboxylic acids is 2. The first-order valence-corrected chi connectivity index (χ1v) is 8.15. The molecule has 10 heteroatoms. The van der Waals surface area contributed by atoms with Crippen molar-refractivity contribution < 1.29 is 14.5 Å². The molecule has 2 amide bonds. The average molecular weight is 374 g/mol. The van der Waals surface area contributed by atoms with Crippen LogP contribution >= 0.6 is 24.0 Å². The summed E-state index contributed by atoms with van der Waals surface area (Å²) in [6.45, 7) is 0. The molecule has 2 heterocycles. The fourth-order valence-corrected chi connectivity index (χ4v) is 3.30. The summed E-state index contributed by atoms with van der Waals surface area (Å²) in [7, 11) is 0. The SMILES string of the molecule is O=C(NN1C(=O)/C(=C\c2ccc[nH]2)SC1=S)c1ccccc1[N+](=O)[O-]. The van der Waals surface area contributed by atoms with Crippen molar-refractivity contribution in [1.29, 1.82) is 0 Å². The lowest BCUT2D eigenvalue weighted by Gasteiger charge is -2.15. The van der Waals surface area contributed by atoms with Gasteiger partial charge in [0.2, 0.25) is 0 Å². The first kappa shape index (κ1) is 16.9. The number of hydrazine groups is 1. The highest BCUT2D eigenvalue weighted by molar-refractivity contribution is 8.26. The van der Waals surface area contributed by atoms with Crippen LogP contribution in [0.3, 0.4) is 0 Å². The van der Waals surface area contributed by atoms with Crippen LogP contribution in [-0.4, -0.2) is 31.1 Å². The number of para-hydroxylation sites is 1. The molecule has 0 atom stereocenters. The number of nitro benzene ring substituents is 1. The summed E-state index contributed by atoms with van der Waals surface area (Å²) in [6, 6.07) is 9.02. The minimum absolute atomic E-state index is 0.134. The Morgan fingerprint density at radius 3 is 2.76 bits per heavy atom. The highest BCUT2D eigenvalue weighted by Crippen LogP contribution is 2.31. The predicted octanol–water partition coefficient (Wildman–Crippen LogP) is 2.47. The molecule has 0 radical (unpaired) electrons. The molecule has 126 valence electrons. The number of nitro groups is 1. The van der Waals surface area contributed by atoms with Crippen LogP contribution in [0.25, 0.3) is 6.08 Å². The number of aromatic nitrogens is 1. The quantitative estimate of drug-likeness (QED) is 0.368. The number of benzene rings is 1. The number of thiocarbonyl (C=S) groups is 1. The Labute approximate surface area is 151 Å². The topological polar surface area (TPSA) is 108 Å². The number of H-pyrrole nitrogens is 1. The minimum atomic E-state index is -0.787. The Kier molecular flexibility index (Phi) is 4.63. The average Bonchev–Trinajstić information content (AvgIpc) is 3.19. The summed E-state index contributed by atoms with van der Waals surface area (Å²) in [5.74, 6) is -1.29. The number of nitrogens with one attached hydrogen (secondary N) is 2. The monoisotopic (exact) mass is 374 g/mol. The van der Waals surface area contributed by atoms with E-state index in [0.29, 0.717) is 10.6 Å². The van der Waals surface area contributed by atoms with E-state index in [9.17, 15) is 19.7 Å². The summed E-state index contributed by atoms with van der Waals surface area (Å²) in [4.78, 5) is 38.4. The molecule has 0 saturated carbocycles. The maximum atomic E-state index is 12.4. The third-order valence-electron chi connectivity index (χ3n) is 3.26. The van der Waals surface area contributed by atoms with Crippen molar-refractivity contribution in [2.75, 3.05) is 0 Å². The highest BCUT2D eigenvalue weighted by Gasteiger charge is 2.34. The molecular weight excluding hydrogens is 364 g/mol. The second kappa shape index (κ2) is 6.87. The van der Waals surface area contributed by atoms with E-state index in [2.05, 4.69) is 10.4 Å². The van der Waals surface area contributed by atoms with E-state index in [1.165, 1.54) is 24.3 Å². The van der Waals surface area contributed by atoms with Gasteiger partial charge in [0, 0.05) is 18.0 Å². The van der Waals surface area contributed by atoms with E-state index in [0.717, 1.165) is 16.8 Å². The standard InChI is InChI=1S/C15H10N4O4S2/c20-13(10-5-1-2-6-11(10)19(22)23)17-18-14(21)12(25-15(18)24)8-9-4-3-7-16-9/h1-8,16H,(H,17,20)/b12-8+. The zero-order chi connectivity index (χ0) is 18.0. The summed E-state index contributed by atoms with van der Waals surface area (Å²) < 4.78 is 0.134. The number of thioether (sulfide) groups is 1. The highest BCUT2D eigenvalue weighted by atomic mass is 32.2. The van der Waals surface area contributed by atoms with Gasteiger partial charge in [-0.3, -0.25) is 25.1 Å². The molecule has 2 aromatic rings. The van der Waals surface area contributed by atoms with Gasteiger partial charge in [-0.05, 0) is 36.5 Å².